The van der Waals surface area contributed by atoms with Gasteiger partial charge in [0.25, 0.3) is 0 Å². The SMILES string of the molecule is O=Cc1cn(Br)c2ncccc12. The van der Waals surface area contributed by atoms with Gasteiger partial charge in [-0.15, -0.1) is 0 Å². The molecule has 0 aliphatic rings. The minimum absolute atomic E-state index is 0.648. The van der Waals surface area contributed by atoms with E-state index in [9.17, 15) is 4.79 Å². The van der Waals surface area contributed by atoms with Crippen LogP contribution in [0.2, 0.25) is 0 Å². The maximum absolute atomic E-state index is 10.6. The molecule has 0 radical (unpaired) electrons. The molecule has 0 spiro atoms. The number of aldehydes is 1. The van der Waals surface area contributed by atoms with Crippen LogP contribution in [0.4, 0.5) is 0 Å². The predicted molar refractivity (Wildman–Crippen MR) is 49.4 cm³/mol. The molecule has 12 heavy (non-hydrogen) atoms. The first-order valence-electron chi connectivity index (χ1n) is 3.40. The van der Waals surface area contributed by atoms with Gasteiger partial charge in [0.05, 0.1) is 16.1 Å². The first kappa shape index (κ1) is 7.49. The third kappa shape index (κ3) is 0.956. The molecule has 0 saturated heterocycles. The second-order valence-electron chi connectivity index (χ2n) is 2.39. The second kappa shape index (κ2) is 2.71. The normalized spacial score (nSPS) is 10.4. The van der Waals surface area contributed by atoms with E-state index in [1.54, 1.807) is 16.0 Å². The lowest BCUT2D eigenvalue weighted by molar-refractivity contribution is 0.112. The van der Waals surface area contributed by atoms with Gasteiger partial charge >= 0.3 is 0 Å². The van der Waals surface area contributed by atoms with Crippen molar-refractivity contribution in [1.82, 2.24) is 8.58 Å². The summed E-state index contributed by atoms with van der Waals surface area (Å²) < 4.78 is 1.66. The number of hydrogen-bond donors (Lipinski definition) is 0. The Bertz CT molecular complexity index is 436. The molecule has 0 aromatic carbocycles. The van der Waals surface area contributed by atoms with E-state index in [-0.39, 0.29) is 0 Å². The molecule has 2 heterocycles. The van der Waals surface area contributed by atoms with Crippen LogP contribution in [0, 0.1) is 0 Å². The van der Waals surface area contributed by atoms with Crippen molar-refractivity contribution in [2.45, 2.75) is 0 Å². The number of carbonyl (C=O) groups is 1. The van der Waals surface area contributed by atoms with E-state index in [1.807, 2.05) is 12.1 Å². The summed E-state index contributed by atoms with van der Waals surface area (Å²) in [5, 5.41) is 0.865. The zero-order valence-corrected chi connectivity index (χ0v) is 7.65. The summed E-state index contributed by atoms with van der Waals surface area (Å²) in [4.78, 5) is 14.7. The molecule has 0 aliphatic carbocycles. The molecule has 0 saturated carbocycles. The molecule has 2 rings (SSSR count). The van der Waals surface area contributed by atoms with Gasteiger partial charge in [-0.05, 0) is 12.1 Å². The molecule has 4 heteroatoms. The molecule has 0 aliphatic heterocycles. The topological polar surface area (TPSA) is 34.9 Å². The second-order valence-corrected chi connectivity index (χ2v) is 3.15. The van der Waals surface area contributed by atoms with Crippen LogP contribution in [-0.4, -0.2) is 14.9 Å². The van der Waals surface area contributed by atoms with Crippen molar-refractivity contribution in [1.29, 1.82) is 0 Å². The predicted octanol–water partition coefficient (Wildman–Crippen LogP) is 2.01. The lowest BCUT2D eigenvalue weighted by Gasteiger charge is -1.89. The highest BCUT2D eigenvalue weighted by molar-refractivity contribution is 9.08. The Morgan fingerprint density at radius 2 is 2.42 bits per heavy atom. The molecule has 0 atom stereocenters. The third-order valence-corrected chi connectivity index (χ3v) is 2.22. The Balaban J connectivity index is 2.91. The summed E-state index contributed by atoms with van der Waals surface area (Å²) in [6.07, 6.45) is 4.21. The Morgan fingerprint density at radius 1 is 1.58 bits per heavy atom. The number of carbonyl (C=O) groups excluding carboxylic acids is 1. The van der Waals surface area contributed by atoms with Crippen LogP contribution in [0.1, 0.15) is 10.4 Å². The van der Waals surface area contributed by atoms with Gasteiger partial charge in [0.1, 0.15) is 0 Å². The van der Waals surface area contributed by atoms with Gasteiger partial charge in [0, 0.05) is 23.3 Å². The summed E-state index contributed by atoms with van der Waals surface area (Å²) in [5.41, 5.74) is 1.41. The van der Waals surface area contributed by atoms with Crippen LogP contribution in [0.15, 0.2) is 24.5 Å². The van der Waals surface area contributed by atoms with Crippen molar-refractivity contribution >= 4 is 33.5 Å². The molecular weight excluding hydrogens is 220 g/mol. The van der Waals surface area contributed by atoms with E-state index >= 15 is 0 Å². The minimum Gasteiger partial charge on any atom is -0.298 e. The maximum Gasteiger partial charge on any atom is 0.152 e. The van der Waals surface area contributed by atoms with E-state index in [2.05, 4.69) is 21.1 Å². The fourth-order valence-corrected chi connectivity index (χ4v) is 1.64. The van der Waals surface area contributed by atoms with E-state index in [0.717, 1.165) is 17.3 Å². The lowest BCUT2D eigenvalue weighted by Crippen LogP contribution is -1.78. The average molecular weight is 225 g/mol. The Labute approximate surface area is 77.4 Å². The van der Waals surface area contributed by atoms with Crippen LogP contribution in [0.25, 0.3) is 11.0 Å². The summed E-state index contributed by atoms with van der Waals surface area (Å²) in [6.45, 7) is 0. The Hall–Kier alpha value is -1.16. The summed E-state index contributed by atoms with van der Waals surface area (Å²) in [6, 6.07) is 3.67. The average Bonchev–Trinajstić information content (AvgIpc) is 2.44. The van der Waals surface area contributed by atoms with Gasteiger partial charge in [-0.2, -0.15) is 0 Å². The molecule has 0 unspecified atom stereocenters. The van der Waals surface area contributed by atoms with Gasteiger partial charge < -0.3 is 0 Å². The van der Waals surface area contributed by atoms with Gasteiger partial charge in [-0.3, -0.25) is 8.39 Å². The van der Waals surface area contributed by atoms with Crippen LogP contribution >= 0.6 is 16.1 Å². The number of fused-ring (bicyclic) bond motifs is 1. The Morgan fingerprint density at radius 3 is 3.17 bits per heavy atom. The highest BCUT2D eigenvalue weighted by Crippen LogP contribution is 2.18. The number of hydrogen-bond acceptors (Lipinski definition) is 2. The molecule has 3 nitrogen and oxygen atoms in total. The molecule has 0 fully saturated rings. The molecule has 2 aromatic rings. The zero-order valence-electron chi connectivity index (χ0n) is 6.07. The van der Waals surface area contributed by atoms with E-state index < -0.39 is 0 Å². The van der Waals surface area contributed by atoms with Crippen molar-refractivity contribution in [3.05, 3.63) is 30.1 Å². The van der Waals surface area contributed by atoms with Crippen LogP contribution in [-0.2, 0) is 0 Å². The summed E-state index contributed by atoms with van der Waals surface area (Å²) >= 11 is 3.25. The van der Waals surface area contributed by atoms with Crippen LogP contribution in [0.5, 0.6) is 0 Å². The van der Waals surface area contributed by atoms with E-state index in [0.29, 0.717) is 5.56 Å². The van der Waals surface area contributed by atoms with E-state index in [1.165, 1.54) is 0 Å². The molecular formula is C8H5BrN2O. The monoisotopic (exact) mass is 224 g/mol. The molecule has 2 aromatic heterocycles. The third-order valence-electron chi connectivity index (χ3n) is 1.68. The van der Waals surface area contributed by atoms with Gasteiger partial charge in [-0.25, -0.2) is 4.98 Å². The molecule has 0 amide bonds. The van der Waals surface area contributed by atoms with Gasteiger partial charge in [0.15, 0.2) is 11.9 Å². The Kier molecular flexibility index (Phi) is 1.69. The first-order valence-corrected chi connectivity index (χ1v) is 4.11. The van der Waals surface area contributed by atoms with Crippen molar-refractivity contribution in [3.8, 4) is 0 Å². The van der Waals surface area contributed by atoms with Crippen molar-refractivity contribution in [3.63, 3.8) is 0 Å². The molecule has 60 valence electrons. The van der Waals surface area contributed by atoms with Gasteiger partial charge in [0.2, 0.25) is 0 Å². The zero-order chi connectivity index (χ0) is 8.55. The quantitative estimate of drug-likeness (QED) is 0.695. The smallest absolute Gasteiger partial charge is 0.152 e. The van der Waals surface area contributed by atoms with Crippen LogP contribution < -0.4 is 0 Å². The largest absolute Gasteiger partial charge is 0.298 e. The summed E-state index contributed by atoms with van der Waals surface area (Å²) in [7, 11) is 0. The van der Waals surface area contributed by atoms with Crippen molar-refractivity contribution < 1.29 is 4.79 Å². The number of nitrogens with zero attached hydrogens (tertiary/aromatic N) is 2. The first-order chi connectivity index (χ1) is 5.83. The number of pyridine rings is 1. The minimum atomic E-state index is 0.648. The fourth-order valence-electron chi connectivity index (χ4n) is 1.14. The lowest BCUT2D eigenvalue weighted by atomic mass is 10.2. The molecule has 0 bridgehead atoms. The maximum atomic E-state index is 10.6. The van der Waals surface area contributed by atoms with Crippen molar-refractivity contribution in [2.24, 2.45) is 0 Å². The van der Waals surface area contributed by atoms with E-state index in [4.69, 9.17) is 0 Å². The number of aromatic nitrogens is 2. The van der Waals surface area contributed by atoms with Crippen molar-refractivity contribution in [2.75, 3.05) is 0 Å². The highest BCUT2D eigenvalue weighted by atomic mass is 79.9. The highest BCUT2D eigenvalue weighted by Gasteiger charge is 2.05. The standard InChI is InChI=1S/C8H5BrN2O/c9-11-4-6(5-12)7-2-1-3-10-8(7)11/h1-5H. The van der Waals surface area contributed by atoms with Crippen LogP contribution in [0.3, 0.4) is 0 Å². The number of rotatable bonds is 1. The fraction of sp³-hybridized carbons (Fsp3) is 0. The molecule has 0 N–H and O–H groups in total. The summed E-state index contributed by atoms with van der Waals surface area (Å²) in [5.74, 6) is 0. The number of halogens is 1. The van der Waals surface area contributed by atoms with Gasteiger partial charge in [-0.1, -0.05) is 0 Å².